The lowest BCUT2D eigenvalue weighted by atomic mass is 10.00. The maximum absolute atomic E-state index is 13.6. The fraction of sp³-hybridized carbons (Fsp3) is 0.481. The maximum atomic E-state index is 13.6. The number of carbonyl (C=O) groups is 2. The number of sulfone groups is 1. The Labute approximate surface area is 231 Å². The highest BCUT2D eigenvalue weighted by molar-refractivity contribution is 7.90. The fourth-order valence-corrected chi connectivity index (χ4v) is 6.76. The summed E-state index contributed by atoms with van der Waals surface area (Å²) in [5, 5.41) is 16.6. The summed E-state index contributed by atoms with van der Waals surface area (Å²) in [4.78, 5) is 24.2. The monoisotopic (exact) mass is 581 g/mol. The predicted octanol–water partition coefficient (Wildman–Crippen LogP) is 2.06. The Bertz CT molecular complexity index is 1310. The lowest BCUT2D eigenvalue weighted by Gasteiger charge is -2.31. The van der Waals surface area contributed by atoms with Gasteiger partial charge in [0, 0.05) is 37.9 Å². The predicted molar refractivity (Wildman–Crippen MR) is 151 cm³/mol. The van der Waals surface area contributed by atoms with Crippen LogP contribution in [0.1, 0.15) is 33.3 Å². The molecule has 0 fully saturated rings. The molecule has 0 bridgehead atoms. The van der Waals surface area contributed by atoms with Gasteiger partial charge in [0.25, 0.3) is 0 Å². The van der Waals surface area contributed by atoms with Crippen molar-refractivity contribution in [2.24, 2.45) is 11.8 Å². The summed E-state index contributed by atoms with van der Waals surface area (Å²) in [7, 11) is -7.45. The summed E-state index contributed by atoms with van der Waals surface area (Å²) in [5.41, 5.74) is 1.26. The molecule has 3 N–H and O–H groups in total. The summed E-state index contributed by atoms with van der Waals surface area (Å²) in [6, 6.07) is 14.0. The number of carbonyl (C=O) groups excluding carboxylic acids is 2. The molecule has 0 heterocycles. The average Bonchev–Trinajstić information content (AvgIpc) is 2.82. The average molecular weight is 582 g/mol. The topological polar surface area (TPSA) is 150 Å². The van der Waals surface area contributed by atoms with E-state index in [0.29, 0.717) is 5.69 Å². The van der Waals surface area contributed by atoms with Crippen LogP contribution in [-0.4, -0.2) is 75.3 Å². The van der Waals surface area contributed by atoms with E-state index in [2.05, 4.69) is 10.6 Å². The van der Waals surface area contributed by atoms with Crippen LogP contribution in [0, 0.1) is 11.8 Å². The number of rotatable bonds is 14. The van der Waals surface area contributed by atoms with Gasteiger partial charge in [-0.15, -0.1) is 0 Å². The highest BCUT2D eigenvalue weighted by Gasteiger charge is 2.32. The number of benzene rings is 2. The molecule has 0 radical (unpaired) electrons. The summed E-state index contributed by atoms with van der Waals surface area (Å²) in [6.45, 7) is 6.36. The quantitative estimate of drug-likeness (QED) is 0.309. The molecule has 0 aliphatic carbocycles. The minimum Gasteiger partial charge on any atom is -0.390 e. The number of aliphatic hydroxyl groups is 1. The second-order valence-corrected chi connectivity index (χ2v) is 14.4. The molecule has 0 aliphatic heterocycles. The number of anilines is 1. The number of sulfonamides is 1. The van der Waals surface area contributed by atoms with Gasteiger partial charge in [-0.3, -0.25) is 9.59 Å². The number of nitrogens with zero attached hydrogens (tertiary/aromatic N) is 1. The molecule has 3 atom stereocenters. The minimum absolute atomic E-state index is 0.00475. The number of aliphatic hydroxyl groups excluding tert-OH is 1. The van der Waals surface area contributed by atoms with Crippen molar-refractivity contribution in [3.63, 3.8) is 0 Å². The van der Waals surface area contributed by atoms with E-state index >= 15 is 0 Å². The molecule has 2 aromatic rings. The molecule has 0 saturated carbocycles. The van der Waals surface area contributed by atoms with Gasteiger partial charge in [-0.25, -0.2) is 16.8 Å². The smallest absolute Gasteiger partial charge is 0.243 e. The van der Waals surface area contributed by atoms with E-state index in [9.17, 15) is 31.5 Å². The Kier molecular flexibility index (Phi) is 11.6. The van der Waals surface area contributed by atoms with Gasteiger partial charge < -0.3 is 15.7 Å². The van der Waals surface area contributed by atoms with E-state index in [1.54, 1.807) is 0 Å². The molecule has 12 heteroatoms. The highest BCUT2D eigenvalue weighted by atomic mass is 32.2. The van der Waals surface area contributed by atoms with Gasteiger partial charge in [-0.1, -0.05) is 51.1 Å². The summed E-state index contributed by atoms with van der Waals surface area (Å²) >= 11 is 0. The number of amides is 2. The number of hydrogen-bond acceptors (Lipinski definition) is 7. The van der Waals surface area contributed by atoms with E-state index in [1.807, 2.05) is 44.2 Å². The standard InChI is InChI=1S/C27H39N3O7S2/c1-19(2)16-30(39(36,37)24-13-11-23(12-14-24)28-21(4)31)17-26(32)25(15-22-9-7-6-8-10-22)29-27(33)20(3)18-38(5,34)35/h6-14,19-20,25-26,32H,15-18H2,1-5H3,(H,28,31)(H,29,33)/t20-,25+,26-/m1/s1. The Morgan fingerprint density at radius 1 is 0.923 bits per heavy atom. The molecule has 2 amide bonds. The van der Waals surface area contributed by atoms with Crippen LogP contribution in [0.25, 0.3) is 0 Å². The first-order valence-corrected chi connectivity index (χ1v) is 16.2. The van der Waals surface area contributed by atoms with Crippen molar-refractivity contribution in [2.75, 3.05) is 30.4 Å². The van der Waals surface area contributed by atoms with Crippen molar-refractivity contribution in [1.82, 2.24) is 9.62 Å². The number of nitrogens with one attached hydrogen (secondary N) is 2. The van der Waals surface area contributed by atoms with E-state index in [-0.39, 0.29) is 42.0 Å². The van der Waals surface area contributed by atoms with Crippen LogP contribution in [-0.2, 0) is 35.9 Å². The lowest BCUT2D eigenvalue weighted by molar-refractivity contribution is -0.125. The van der Waals surface area contributed by atoms with Crippen LogP contribution in [0.4, 0.5) is 5.69 Å². The first-order valence-electron chi connectivity index (χ1n) is 12.7. The Balaban J connectivity index is 2.34. The van der Waals surface area contributed by atoms with Crippen molar-refractivity contribution in [3.05, 3.63) is 60.2 Å². The third-order valence-electron chi connectivity index (χ3n) is 5.86. The lowest BCUT2D eigenvalue weighted by Crippen LogP contribution is -2.52. The molecular weight excluding hydrogens is 542 g/mol. The molecule has 0 aliphatic rings. The van der Waals surface area contributed by atoms with E-state index in [0.717, 1.165) is 11.8 Å². The van der Waals surface area contributed by atoms with Gasteiger partial charge in [0.1, 0.15) is 9.84 Å². The second kappa shape index (κ2) is 14.0. The van der Waals surface area contributed by atoms with Crippen LogP contribution in [0.2, 0.25) is 0 Å². The molecule has 0 unspecified atom stereocenters. The van der Waals surface area contributed by atoms with Gasteiger partial charge in [0.15, 0.2) is 0 Å². The molecule has 2 rings (SSSR count). The van der Waals surface area contributed by atoms with E-state index < -0.39 is 43.8 Å². The summed E-state index contributed by atoms with van der Waals surface area (Å²) in [6.07, 6.45) is -0.0446. The van der Waals surface area contributed by atoms with Gasteiger partial charge in [-0.2, -0.15) is 4.31 Å². The Morgan fingerprint density at radius 3 is 2.03 bits per heavy atom. The van der Waals surface area contributed by atoms with Gasteiger partial charge in [0.2, 0.25) is 21.8 Å². The molecule has 216 valence electrons. The van der Waals surface area contributed by atoms with Crippen LogP contribution in [0.15, 0.2) is 59.5 Å². The first-order chi connectivity index (χ1) is 18.1. The van der Waals surface area contributed by atoms with E-state index in [1.165, 1.54) is 42.4 Å². The van der Waals surface area contributed by atoms with Crippen molar-refractivity contribution in [2.45, 2.75) is 51.2 Å². The molecule has 39 heavy (non-hydrogen) atoms. The Hall–Kier alpha value is -2.80. The zero-order valence-corrected chi connectivity index (χ0v) is 24.6. The van der Waals surface area contributed by atoms with Crippen molar-refractivity contribution in [3.8, 4) is 0 Å². The Morgan fingerprint density at radius 2 is 1.51 bits per heavy atom. The molecular formula is C27H39N3O7S2. The van der Waals surface area contributed by atoms with Crippen molar-refractivity contribution < 1.29 is 31.5 Å². The van der Waals surface area contributed by atoms with Crippen LogP contribution in [0.5, 0.6) is 0 Å². The van der Waals surface area contributed by atoms with Crippen LogP contribution < -0.4 is 10.6 Å². The highest BCUT2D eigenvalue weighted by Crippen LogP contribution is 2.21. The van der Waals surface area contributed by atoms with Crippen LogP contribution >= 0.6 is 0 Å². The van der Waals surface area contributed by atoms with Gasteiger partial charge >= 0.3 is 0 Å². The third-order valence-corrected chi connectivity index (χ3v) is 8.81. The molecule has 0 aromatic heterocycles. The summed E-state index contributed by atoms with van der Waals surface area (Å²) < 4.78 is 51.7. The largest absolute Gasteiger partial charge is 0.390 e. The van der Waals surface area contributed by atoms with Crippen LogP contribution in [0.3, 0.4) is 0 Å². The molecule has 0 spiro atoms. The maximum Gasteiger partial charge on any atom is 0.243 e. The van der Waals surface area contributed by atoms with Crippen molar-refractivity contribution >= 4 is 37.4 Å². The SMILES string of the molecule is CC(=O)Nc1ccc(S(=O)(=O)N(CC(C)C)C[C@@H](O)[C@H](Cc2ccccc2)NC(=O)[C@H](C)CS(C)(=O)=O)cc1. The van der Waals surface area contributed by atoms with E-state index in [4.69, 9.17) is 0 Å². The summed E-state index contributed by atoms with van der Waals surface area (Å²) in [5.74, 6) is -2.11. The van der Waals surface area contributed by atoms with Gasteiger partial charge in [-0.05, 0) is 42.2 Å². The normalized spacial score (nSPS) is 14.6. The third kappa shape index (κ3) is 10.7. The second-order valence-electron chi connectivity index (χ2n) is 10.3. The zero-order chi connectivity index (χ0) is 29.4. The fourth-order valence-electron chi connectivity index (χ4n) is 4.08. The number of hydrogen-bond donors (Lipinski definition) is 3. The molecule has 10 nitrogen and oxygen atoms in total. The van der Waals surface area contributed by atoms with Crippen molar-refractivity contribution in [1.29, 1.82) is 0 Å². The van der Waals surface area contributed by atoms with Gasteiger partial charge in [0.05, 0.1) is 22.8 Å². The molecule has 2 aromatic carbocycles. The molecule has 0 saturated heterocycles. The minimum atomic E-state index is -4.04. The zero-order valence-electron chi connectivity index (χ0n) is 23.0. The first kappa shape index (κ1) is 32.4.